The number of aliphatic imine (C=N–C) groups is 1. The number of fused-ring (bicyclic) bond motifs is 2. The Hall–Kier alpha value is -1.69. The molecule has 0 radical (unpaired) electrons. The predicted octanol–water partition coefficient (Wildman–Crippen LogP) is 3.12. The first-order valence-electron chi connectivity index (χ1n) is 6.09. The lowest BCUT2D eigenvalue weighted by atomic mass is 10.1. The molecule has 0 saturated carbocycles. The average molecular weight is 287 g/mol. The average Bonchev–Trinajstić information content (AvgIpc) is 2.51. The molecular weight excluding hydrogens is 274 g/mol. The first-order chi connectivity index (χ1) is 9.71. The van der Waals surface area contributed by atoms with Gasteiger partial charge in [-0.05, 0) is 24.3 Å². The molecule has 3 rings (SSSR count). The number of methoxy groups -OCH3 is 2. The fraction of sp³-hybridized carbons (Fsp3) is 0.200. The van der Waals surface area contributed by atoms with Crippen molar-refractivity contribution in [2.45, 2.75) is 10.7 Å². The number of benzene rings is 1. The van der Waals surface area contributed by atoms with Crippen molar-refractivity contribution in [2.75, 3.05) is 14.2 Å². The first-order valence-corrected chi connectivity index (χ1v) is 6.90. The van der Waals surface area contributed by atoms with E-state index in [-0.39, 0.29) is 0 Å². The van der Waals surface area contributed by atoms with Crippen molar-refractivity contribution < 1.29 is 14.3 Å². The van der Waals surface area contributed by atoms with Crippen LogP contribution in [0.3, 0.4) is 0 Å². The minimum Gasteiger partial charge on any atom is -0.346 e. The van der Waals surface area contributed by atoms with E-state index >= 15 is 0 Å². The van der Waals surface area contributed by atoms with Crippen LogP contribution < -0.4 is 0 Å². The molecule has 102 valence electrons. The summed E-state index contributed by atoms with van der Waals surface area (Å²) in [5.74, 6) is -0.866. The van der Waals surface area contributed by atoms with E-state index in [0.29, 0.717) is 5.56 Å². The number of rotatable bonds is 3. The maximum Gasteiger partial charge on any atom is 0.209 e. The first kappa shape index (κ1) is 13.3. The highest BCUT2D eigenvalue weighted by Gasteiger charge is 2.31. The van der Waals surface area contributed by atoms with Gasteiger partial charge in [0.1, 0.15) is 0 Å². The van der Waals surface area contributed by atoms with Gasteiger partial charge in [0.2, 0.25) is 5.79 Å². The molecule has 0 atom stereocenters. The molecule has 0 aromatic heterocycles. The van der Waals surface area contributed by atoms with E-state index in [0.717, 1.165) is 27.5 Å². The number of hydrogen-bond donors (Lipinski definition) is 0. The third-order valence-corrected chi connectivity index (χ3v) is 4.50. The summed E-state index contributed by atoms with van der Waals surface area (Å²) in [7, 11) is 3.18. The Labute approximate surface area is 121 Å². The summed E-state index contributed by atoms with van der Waals surface area (Å²) in [5, 5.41) is 0. The van der Waals surface area contributed by atoms with Crippen LogP contribution in [0, 0.1) is 0 Å². The standard InChI is InChI=1S/C15H13NO3S/c1-18-15(19-2)7-6-11-13(8-15)20-14-10(9-17)4-3-5-12(14)16-11/h3-9H,1-2H3. The van der Waals surface area contributed by atoms with Crippen LogP contribution in [0.4, 0.5) is 5.69 Å². The van der Waals surface area contributed by atoms with Gasteiger partial charge in [0, 0.05) is 29.6 Å². The number of carbonyl (C=O) groups is 1. The maximum absolute atomic E-state index is 11.1. The third kappa shape index (κ3) is 2.04. The fourth-order valence-electron chi connectivity index (χ4n) is 2.17. The monoisotopic (exact) mass is 287 g/mol. The lowest BCUT2D eigenvalue weighted by Gasteiger charge is -2.29. The molecule has 20 heavy (non-hydrogen) atoms. The minimum atomic E-state index is -0.866. The zero-order chi connectivity index (χ0) is 14.2. The SMILES string of the molecule is COC1(OC)C=CC2=Nc3cccc(C=O)c3SC2=C1. The Bertz CT molecular complexity index is 657. The normalized spacial score (nSPS) is 18.7. The number of aldehydes is 1. The van der Waals surface area contributed by atoms with Crippen LogP contribution in [0.15, 0.2) is 51.2 Å². The zero-order valence-corrected chi connectivity index (χ0v) is 11.9. The van der Waals surface area contributed by atoms with Gasteiger partial charge < -0.3 is 9.47 Å². The summed E-state index contributed by atoms with van der Waals surface area (Å²) < 4.78 is 10.8. The number of hydrogen-bond acceptors (Lipinski definition) is 5. The van der Waals surface area contributed by atoms with Crippen molar-refractivity contribution >= 4 is 29.4 Å². The van der Waals surface area contributed by atoms with Gasteiger partial charge in [-0.25, -0.2) is 4.99 Å². The Morgan fingerprint density at radius 3 is 2.80 bits per heavy atom. The minimum absolute atomic E-state index is 0.645. The molecule has 0 spiro atoms. The van der Waals surface area contributed by atoms with Crippen LogP contribution in [0.1, 0.15) is 10.4 Å². The number of ether oxygens (including phenoxy) is 2. The van der Waals surface area contributed by atoms with Gasteiger partial charge >= 0.3 is 0 Å². The summed E-state index contributed by atoms with van der Waals surface area (Å²) in [4.78, 5) is 17.5. The molecule has 0 amide bonds. The van der Waals surface area contributed by atoms with Gasteiger partial charge in [0.15, 0.2) is 6.29 Å². The molecule has 2 aliphatic rings. The highest BCUT2D eigenvalue weighted by atomic mass is 32.2. The topological polar surface area (TPSA) is 47.9 Å². The van der Waals surface area contributed by atoms with Crippen LogP contribution in [0.25, 0.3) is 0 Å². The van der Waals surface area contributed by atoms with Gasteiger partial charge in [0.25, 0.3) is 0 Å². The second-order valence-electron chi connectivity index (χ2n) is 4.38. The molecule has 1 aromatic rings. The largest absolute Gasteiger partial charge is 0.346 e. The molecule has 0 bridgehead atoms. The smallest absolute Gasteiger partial charge is 0.209 e. The van der Waals surface area contributed by atoms with Crippen molar-refractivity contribution in [3.05, 3.63) is 46.9 Å². The summed E-state index contributed by atoms with van der Waals surface area (Å²) in [5.41, 5.74) is 2.32. The Balaban J connectivity index is 2.10. The zero-order valence-electron chi connectivity index (χ0n) is 11.1. The van der Waals surface area contributed by atoms with E-state index in [2.05, 4.69) is 4.99 Å². The molecule has 1 heterocycles. The molecule has 1 aliphatic carbocycles. The van der Waals surface area contributed by atoms with Crippen molar-refractivity contribution in [2.24, 2.45) is 4.99 Å². The summed E-state index contributed by atoms with van der Waals surface area (Å²) in [6.07, 6.45) is 6.43. The molecule has 5 heteroatoms. The molecule has 0 saturated heterocycles. The van der Waals surface area contributed by atoms with Gasteiger partial charge in [-0.2, -0.15) is 0 Å². The van der Waals surface area contributed by atoms with E-state index in [9.17, 15) is 4.79 Å². The highest BCUT2D eigenvalue weighted by molar-refractivity contribution is 8.04. The molecular formula is C15H13NO3S. The predicted molar refractivity (Wildman–Crippen MR) is 78.8 cm³/mol. The van der Waals surface area contributed by atoms with E-state index in [4.69, 9.17) is 9.47 Å². The lowest BCUT2D eigenvalue weighted by Crippen LogP contribution is -2.32. The number of thioether (sulfide) groups is 1. The van der Waals surface area contributed by atoms with Gasteiger partial charge in [0.05, 0.1) is 11.4 Å². The van der Waals surface area contributed by atoms with E-state index in [1.165, 1.54) is 11.8 Å². The number of carbonyl (C=O) groups excluding carboxylic acids is 1. The van der Waals surface area contributed by atoms with Crippen LogP contribution >= 0.6 is 11.8 Å². The van der Waals surface area contributed by atoms with Gasteiger partial charge in [-0.1, -0.05) is 23.9 Å². The van der Waals surface area contributed by atoms with Crippen LogP contribution in [0.2, 0.25) is 0 Å². The van der Waals surface area contributed by atoms with E-state index in [1.807, 2.05) is 30.4 Å². The lowest BCUT2D eigenvalue weighted by molar-refractivity contribution is -0.133. The molecule has 0 fully saturated rings. The molecule has 4 nitrogen and oxygen atoms in total. The molecule has 0 unspecified atom stereocenters. The van der Waals surface area contributed by atoms with Crippen molar-refractivity contribution in [1.82, 2.24) is 0 Å². The Morgan fingerprint density at radius 2 is 2.10 bits per heavy atom. The van der Waals surface area contributed by atoms with Crippen LogP contribution in [-0.4, -0.2) is 32.0 Å². The van der Waals surface area contributed by atoms with Gasteiger partial charge in [-0.3, -0.25) is 4.79 Å². The molecule has 1 aromatic carbocycles. The summed E-state index contributed by atoms with van der Waals surface area (Å²) in [6.45, 7) is 0. The fourth-order valence-corrected chi connectivity index (χ4v) is 3.28. The van der Waals surface area contributed by atoms with Crippen molar-refractivity contribution in [3.63, 3.8) is 0 Å². The second-order valence-corrected chi connectivity index (χ2v) is 5.44. The van der Waals surface area contributed by atoms with Crippen molar-refractivity contribution in [3.8, 4) is 0 Å². The second kappa shape index (κ2) is 5.01. The summed E-state index contributed by atoms with van der Waals surface area (Å²) >= 11 is 1.51. The summed E-state index contributed by atoms with van der Waals surface area (Å²) in [6, 6.07) is 5.53. The van der Waals surface area contributed by atoms with Crippen molar-refractivity contribution in [1.29, 1.82) is 0 Å². The highest BCUT2D eigenvalue weighted by Crippen LogP contribution is 2.44. The quantitative estimate of drug-likeness (QED) is 0.633. The van der Waals surface area contributed by atoms with E-state index < -0.39 is 5.79 Å². The number of allylic oxidation sites excluding steroid dienone is 2. The van der Waals surface area contributed by atoms with Crippen LogP contribution in [-0.2, 0) is 9.47 Å². The third-order valence-electron chi connectivity index (χ3n) is 3.30. The Morgan fingerprint density at radius 1 is 1.30 bits per heavy atom. The molecule has 1 aliphatic heterocycles. The molecule has 0 N–H and O–H groups in total. The van der Waals surface area contributed by atoms with E-state index in [1.54, 1.807) is 20.3 Å². The maximum atomic E-state index is 11.1. The van der Waals surface area contributed by atoms with Crippen LogP contribution in [0.5, 0.6) is 0 Å². The Kier molecular flexibility index (Phi) is 3.33. The number of nitrogens with zero attached hydrogens (tertiary/aromatic N) is 1. The van der Waals surface area contributed by atoms with Gasteiger partial charge in [-0.15, -0.1) is 0 Å².